The Morgan fingerprint density at radius 2 is 1.95 bits per heavy atom. The molecule has 0 radical (unpaired) electrons. The number of nitrogen functional groups attached to an aromatic ring is 1. The van der Waals surface area contributed by atoms with Crippen molar-refractivity contribution in [1.82, 2.24) is 4.98 Å². The van der Waals surface area contributed by atoms with E-state index in [1.54, 1.807) is 6.20 Å². The number of benzene rings is 1. The Balaban J connectivity index is 2.22. The standard InChI is InChI=1S/C15H18N2O2/c1-3-8-18-13-6-4-5-7-14(13)19-15-11(2)9-12(16)10-17-15/h4-7,9-10H,3,8,16H2,1-2H3. The van der Waals surface area contributed by atoms with Gasteiger partial charge in [0.15, 0.2) is 11.5 Å². The Morgan fingerprint density at radius 1 is 1.21 bits per heavy atom. The van der Waals surface area contributed by atoms with Crippen molar-refractivity contribution in [2.45, 2.75) is 20.3 Å². The van der Waals surface area contributed by atoms with Crippen molar-refractivity contribution in [3.8, 4) is 17.4 Å². The third kappa shape index (κ3) is 3.37. The molecule has 4 nitrogen and oxygen atoms in total. The molecule has 1 aromatic carbocycles. The quantitative estimate of drug-likeness (QED) is 0.891. The second kappa shape index (κ2) is 6.09. The summed E-state index contributed by atoms with van der Waals surface area (Å²) in [5, 5.41) is 0. The van der Waals surface area contributed by atoms with Gasteiger partial charge < -0.3 is 15.2 Å². The fourth-order valence-corrected chi connectivity index (χ4v) is 1.66. The topological polar surface area (TPSA) is 57.4 Å². The van der Waals surface area contributed by atoms with Crippen molar-refractivity contribution in [2.24, 2.45) is 0 Å². The lowest BCUT2D eigenvalue weighted by atomic mass is 10.3. The third-order valence-electron chi connectivity index (χ3n) is 2.57. The highest BCUT2D eigenvalue weighted by atomic mass is 16.5. The van der Waals surface area contributed by atoms with E-state index in [4.69, 9.17) is 15.2 Å². The average Bonchev–Trinajstić information content (AvgIpc) is 2.41. The second-order valence-electron chi connectivity index (χ2n) is 4.29. The molecule has 0 spiro atoms. The fourth-order valence-electron chi connectivity index (χ4n) is 1.66. The van der Waals surface area contributed by atoms with Crippen LogP contribution in [-0.4, -0.2) is 11.6 Å². The Labute approximate surface area is 113 Å². The molecular formula is C15H18N2O2. The molecule has 2 rings (SSSR count). The maximum Gasteiger partial charge on any atom is 0.222 e. The molecule has 100 valence electrons. The number of hydrogen-bond acceptors (Lipinski definition) is 4. The van der Waals surface area contributed by atoms with Crippen molar-refractivity contribution < 1.29 is 9.47 Å². The molecule has 0 amide bonds. The van der Waals surface area contributed by atoms with Crippen LogP contribution in [0.4, 0.5) is 5.69 Å². The van der Waals surface area contributed by atoms with Crippen LogP contribution in [0.15, 0.2) is 36.5 Å². The van der Waals surface area contributed by atoms with Gasteiger partial charge in [0.05, 0.1) is 18.5 Å². The lowest BCUT2D eigenvalue weighted by Gasteiger charge is -2.12. The number of anilines is 1. The Morgan fingerprint density at radius 3 is 2.63 bits per heavy atom. The molecule has 19 heavy (non-hydrogen) atoms. The fraction of sp³-hybridized carbons (Fsp3) is 0.267. The predicted molar refractivity (Wildman–Crippen MR) is 75.7 cm³/mol. The van der Waals surface area contributed by atoms with E-state index < -0.39 is 0 Å². The summed E-state index contributed by atoms with van der Waals surface area (Å²) in [6.07, 6.45) is 2.53. The van der Waals surface area contributed by atoms with Gasteiger partial charge in [-0.05, 0) is 31.5 Å². The van der Waals surface area contributed by atoms with Crippen LogP contribution in [0.5, 0.6) is 17.4 Å². The van der Waals surface area contributed by atoms with E-state index >= 15 is 0 Å². The first-order chi connectivity index (χ1) is 9.20. The number of rotatable bonds is 5. The van der Waals surface area contributed by atoms with E-state index in [9.17, 15) is 0 Å². The van der Waals surface area contributed by atoms with Crippen LogP contribution < -0.4 is 15.2 Å². The monoisotopic (exact) mass is 258 g/mol. The SMILES string of the molecule is CCCOc1ccccc1Oc1ncc(N)cc1C. The number of aryl methyl sites for hydroxylation is 1. The summed E-state index contributed by atoms with van der Waals surface area (Å²) in [5.74, 6) is 1.93. The maximum atomic E-state index is 5.80. The van der Waals surface area contributed by atoms with E-state index in [0.29, 0.717) is 23.9 Å². The van der Waals surface area contributed by atoms with Gasteiger partial charge in [-0.25, -0.2) is 4.98 Å². The van der Waals surface area contributed by atoms with Crippen LogP contribution in [0.25, 0.3) is 0 Å². The van der Waals surface area contributed by atoms with Crippen LogP contribution in [-0.2, 0) is 0 Å². The van der Waals surface area contributed by atoms with Crippen molar-refractivity contribution in [2.75, 3.05) is 12.3 Å². The summed E-state index contributed by atoms with van der Waals surface area (Å²) in [5.41, 5.74) is 7.19. The third-order valence-corrected chi connectivity index (χ3v) is 2.57. The highest BCUT2D eigenvalue weighted by Gasteiger charge is 2.08. The van der Waals surface area contributed by atoms with Crippen LogP contribution in [0.2, 0.25) is 0 Å². The first-order valence-electron chi connectivity index (χ1n) is 6.32. The van der Waals surface area contributed by atoms with Crippen LogP contribution in [0.1, 0.15) is 18.9 Å². The maximum absolute atomic E-state index is 5.80. The molecule has 0 aliphatic heterocycles. The zero-order chi connectivity index (χ0) is 13.7. The molecule has 0 aliphatic rings. The minimum atomic E-state index is 0.543. The molecule has 0 fully saturated rings. The molecule has 2 aromatic rings. The summed E-state index contributed by atoms with van der Waals surface area (Å²) in [7, 11) is 0. The molecule has 1 aromatic heterocycles. The molecule has 0 saturated heterocycles. The molecule has 4 heteroatoms. The number of ether oxygens (including phenoxy) is 2. The summed E-state index contributed by atoms with van der Waals surface area (Å²) >= 11 is 0. The molecule has 0 saturated carbocycles. The molecular weight excluding hydrogens is 240 g/mol. The molecule has 0 aliphatic carbocycles. The van der Waals surface area contributed by atoms with Crippen LogP contribution >= 0.6 is 0 Å². The number of hydrogen-bond donors (Lipinski definition) is 1. The number of para-hydroxylation sites is 2. The Hall–Kier alpha value is -2.23. The highest BCUT2D eigenvalue weighted by Crippen LogP contribution is 2.32. The first-order valence-corrected chi connectivity index (χ1v) is 6.32. The van der Waals surface area contributed by atoms with Gasteiger partial charge in [-0.3, -0.25) is 0 Å². The van der Waals surface area contributed by atoms with E-state index in [1.165, 1.54) is 0 Å². The number of nitrogens with zero attached hydrogens (tertiary/aromatic N) is 1. The van der Waals surface area contributed by atoms with Gasteiger partial charge in [0, 0.05) is 5.56 Å². The molecule has 2 N–H and O–H groups in total. The van der Waals surface area contributed by atoms with Gasteiger partial charge in [0.1, 0.15) is 0 Å². The molecule has 0 atom stereocenters. The van der Waals surface area contributed by atoms with Gasteiger partial charge in [-0.15, -0.1) is 0 Å². The van der Waals surface area contributed by atoms with Crippen molar-refractivity contribution in [3.63, 3.8) is 0 Å². The van der Waals surface area contributed by atoms with E-state index in [-0.39, 0.29) is 0 Å². The first kappa shape index (κ1) is 13.2. The van der Waals surface area contributed by atoms with Crippen molar-refractivity contribution >= 4 is 5.69 Å². The van der Waals surface area contributed by atoms with Gasteiger partial charge in [0.25, 0.3) is 0 Å². The van der Waals surface area contributed by atoms with Crippen molar-refractivity contribution in [1.29, 1.82) is 0 Å². The molecule has 0 bridgehead atoms. The predicted octanol–water partition coefficient (Wildman–Crippen LogP) is 3.55. The minimum absolute atomic E-state index is 0.543. The normalized spacial score (nSPS) is 10.2. The lowest BCUT2D eigenvalue weighted by Crippen LogP contribution is -1.99. The summed E-state index contributed by atoms with van der Waals surface area (Å²) in [4.78, 5) is 4.19. The van der Waals surface area contributed by atoms with Crippen LogP contribution in [0.3, 0.4) is 0 Å². The van der Waals surface area contributed by atoms with E-state index in [2.05, 4.69) is 11.9 Å². The van der Waals surface area contributed by atoms with Gasteiger partial charge in [0.2, 0.25) is 5.88 Å². The zero-order valence-corrected chi connectivity index (χ0v) is 11.2. The minimum Gasteiger partial charge on any atom is -0.490 e. The summed E-state index contributed by atoms with van der Waals surface area (Å²) in [6.45, 7) is 4.64. The van der Waals surface area contributed by atoms with Gasteiger partial charge in [-0.1, -0.05) is 19.1 Å². The smallest absolute Gasteiger partial charge is 0.222 e. The molecule has 0 unspecified atom stereocenters. The lowest BCUT2D eigenvalue weighted by molar-refractivity contribution is 0.300. The average molecular weight is 258 g/mol. The largest absolute Gasteiger partial charge is 0.490 e. The Bertz CT molecular complexity index is 556. The summed E-state index contributed by atoms with van der Waals surface area (Å²) < 4.78 is 11.4. The number of aromatic nitrogens is 1. The summed E-state index contributed by atoms with van der Waals surface area (Å²) in [6, 6.07) is 9.40. The van der Waals surface area contributed by atoms with Gasteiger partial charge in [-0.2, -0.15) is 0 Å². The number of nitrogens with two attached hydrogens (primary N) is 1. The Kier molecular flexibility index (Phi) is 4.23. The second-order valence-corrected chi connectivity index (χ2v) is 4.29. The van der Waals surface area contributed by atoms with Gasteiger partial charge >= 0.3 is 0 Å². The molecule has 1 heterocycles. The van der Waals surface area contributed by atoms with E-state index in [1.807, 2.05) is 37.3 Å². The number of pyridine rings is 1. The highest BCUT2D eigenvalue weighted by molar-refractivity contribution is 5.46. The van der Waals surface area contributed by atoms with Crippen LogP contribution in [0, 0.1) is 6.92 Å². The van der Waals surface area contributed by atoms with Crippen molar-refractivity contribution in [3.05, 3.63) is 42.1 Å². The zero-order valence-electron chi connectivity index (χ0n) is 11.2. The van der Waals surface area contributed by atoms with E-state index in [0.717, 1.165) is 17.7 Å².